The second-order valence-electron chi connectivity index (χ2n) is 2.56. The zero-order chi connectivity index (χ0) is 8.97. The van der Waals surface area contributed by atoms with Crippen LogP contribution in [0, 0.1) is 0 Å². The highest BCUT2D eigenvalue weighted by Crippen LogP contribution is 2.21. The predicted molar refractivity (Wildman–Crippen MR) is 48.3 cm³/mol. The van der Waals surface area contributed by atoms with Crippen LogP contribution in [-0.4, -0.2) is 6.79 Å². The quantitative estimate of drug-likeness (QED) is 0.628. The maximum atomic E-state index is 5.20. The summed E-state index contributed by atoms with van der Waals surface area (Å²) in [6.07, 6.45) is 5.02. The van der Waals surface area contributed by atoms with Crippen LogP contribution in [0.3, 0.4) is 0 Å². The van der Waals surface area contributed by atoms with E-state index in [1.54, 1.807) is 0 Å². The van der Waals surface area contributed by atoms with E-state index < -0.39 is 0 Å². The Kier molecular flexibility index (Phi) is 2.97. The lowest BCUT2D eigenvalue weighted by molar-refractivity contribution is 0.0979. The number of rotatable bonds is 2. The van der Waals surface area contributed by atoms with E-state index in [0.717, 1.165) is 12.2 Å². The molecular weight excluding hydrogens is 152 g/mol. The standard InChI is InChI=1S/C10H14O2/c1-4-9(5-2)6-10-8(3)11-7-12-10/h4,6H,3,5,7H2,1-2H3/b9-4-,10-6+. The average molecular weight is 166 g/mol. The molecule has 1 aliphatic heterocycles. The zero-order valence-corrected chi connectivity index (χ0v) is 7.59. The molecule has 0 aromatic rings. The summed E-state index contributed by atoms with van der Waals surface area (Å²) in [4.78, 5) is 0. The molecule has 0 unspecified atom stereocenters. The van der Waals surface area contributed by atoms with Gasteiger partial charge >= 0.3 is 0 Å². The minimum atomic E-state index is 0.297. The molecule has 0 aromatic heterocycles. The van der Waals surface area contributed by atoms with Crippen molar-refractivity contribution < 1.29 is 9.47 Å². The molecule has 1 heterocycles. The molecule has 2 nitrogen and oxygen atoms in total. The monoisotopic (exact) mass is 166 g/mol. The lowest BCUT2D eigenvalue weighted by atomic mass is 10.1. The van der Waals surface area contributed by atoms with Crippen molar-refractivity contribution >= 4 is 0 Å². The van der Waals surface area contributed by atoms with E-state index in [1.807, 2.05) is 13.0 Å². The molecular formula is C10H14O2. The fraction of sp³-hybridized carbons (Fsp3) is 0.400. The van der Waals surface area contributed by atoms with Gasteiger partial charge in [0, 0.05) is 0 Å². The summed E-state index contributed by atoms with van der Waals surface area (Å²) in [5.74, 6) is 1.38. The van der Waals surface area contributed by atoms with Gasteiger partial charge in [-0.15, -0.1) is 0 Å². The summed E-state index contributed by atoms with van der Waals surface area (Å²) >= 11 is 0. The third-order valence-electron chi connectivity index (χ3n) is 1.82. The molecule has 0 aromatic carbocycles. The summed E-state index contributed by atoms with van der Waals surface area (Å²) in [6.45, 7) is 8.12. The lowest BCUT2D eigenvalue weighted by Crippen LogP contribution is -1.83. The molecule has 0 bridgehead atoms. The highest BCUT2D eigenvalue weighted by molar-refractivity contribution is 5.29. The Balaban J connectivity index is 2.73. The first-order chi connectivity index (χ1) is 5.77. The fourth-order valence-electron chi connectivity index (χ4n) is 0.996. The molecule has 1 rings (SSSR count). The molecule has 0 saturated carbocycles. The number of hydrogen-bond donors (Lipinski definition) is 0. The van der Waals surface area contributed by atoms with Gasteiger partial charge < -0.3 is 9.47 Å². The van der Waals surface area contributed by atoms with Gasteiger partial charge in [0.2, 0.25) is 6.79 Å². The SMILES string of the molecule is C=C1OCO/C1=C/C(=C\C)CC. The van der Waals surface area contributed by atoms with Crippen LogP contribution in [0.1, 0.15) is 20.3 Å². The lowest BCUT2D eigenvalue weighted by Gasteiger charge is -1.97. The Bertz CT molecular complexity index is 236. The molecule has 12 heavy (non-hydrogen) atoms. The van der Waals surface area contributed by atoms with Crippen LogP contribution in [0.5, 0.6) is 0 Å². The second kappa shape index (κ2) is 4.00. The normalized spacial score (nSPS) is 21.0. The Hall–Kier alpha value is -1.18. The smallest absolute Gasteiger partial charge is 0.231 e. The van der Waals surface area contributed by atoms with Crippen molar-refractivity contribution in [3.63, 3.8) is 0 Å². The van der Waals surface area contributed by atoms with Crippen LogP contribution in [0.15, 0.2) is 35.8 Å². The topological polar surface area (TPSA) is 18.5 Å². The summed E-state index contributed by atoms with van der Waals surface area (Å²) in [7, 11) is 0. The van der Waals surface area contributed by atoms with Gasteiger partial charge in [-0.2, -0.15) is 0 Å². The van der Waals surface area contributed by atoms with Crippen molar-refractivity contribution in [3.8, 4) is 0 Å². The number of hydrogen-bond acceptors (Lipinski definition) is 2. The average Bonchev–Trinajstić information content (AvgIpc) is 2.47. The van der Waals surface area contributed by atoms with Gasteiger partial charge in [0.15, 0.2) is 11.5 Å². The van der Waals surface area contributed by atoms with Crippen molar-refractivity contribution in [1.29, 1.82) is 0 Å². The van der Waals surface area contributed by atoms with E-state index in [9.17, 15) is 0 Å². The molecule has 1 aliphatic rings. The largest absolute Gasteiger partial charge is 0.454 e. The summed E-state index contributed by atoms with van der Waals surface area (Å²) in [5, 5.41) is 0. The molecule has 1 fully saturated rings. The molecule has 0 amide bonds. The molecule has 0 spiro atoms. The molecule has 1 saturated heterocycles. The maximum Gasteiger partial charge on any atom is 0.231 e. The minimum absolute atomic E-state index is 0.297. The highest BCUT2D eigenvalue weighted by Gasteiger charge is 2.13. The van der Waals surface area contributed by atoms with Crippen molar-refractivity contribution in [2.24, 2.45) is 0 Å². The molecule has 0 radical (unpaired) electrons. The minimum Gasteiger partial charge on any atom is -0.454 e. The van der Waals surface area contributed by atoms with Crippen LogP contribution in [0.4, 0.5) is 0 Å². The third-order valence-corrected chi connectivity index (χ3v) is 1.82. The highest BCUT2D eigenvalue weighted by atomic mass is 16.7. The molecule has 0 atom stereocenters. The van der Waals surface area contributed by atoms with Gasteiger partial charge in [0.05, 0.1) is 0 Å². The fourth-order valence-corrected chi connectivity index (χ4v) is 0.996. The molecule has 0 N–H and O–H groups in total. The van der Waals surface area contributed by atoms with Crippen LogP contribution >= 0.6 is 0 Å². The maximum absolute atomic E-state index is 5.20. The van der Waals surface area contributed by atoms with Gasteiger partial charge in [0.25, 0.3) is 0 Å². The first-order valence-corrected chi connectivity index (χ1v) is 4.09. The van der Waals surface area contributed by atoms with Crippen molar-refractivity contribution in [2.45, 2.75) is 20.3 Å². The van der Waals surface area contributed by atoms with Gasteiger partial charge in [-0.25, -0.2) is 0 Å². The number of ether oxygens (including phenoxy) is 2. The van der Waals surface area contributed by atoms with E-state index in [2.05, 4.69) is 19.6 Å². The van der Waals surface area contributed by atoms with Gasteiger partial charge in [-0.3, -0.25) is 0 Å². The van der Waals surface area contributed by atoms with Crippen molar-refractivity contribution in [3.05, 3.63) is 35.8 Å². The van der Waals surface area contributed by atoms with Gasteiger partial charge in [0.1, 0.15) is 0 Å². The molecule has 2 heteroatoms. The van der Waals surface area contributed by atoms with Crippen molar-refractivity contribution in [1.82, 2.24) is 0 Å². The Labute approximate surface area is 73.2 Å². The first-order valence-electron chi connectivity index (χ1n) is 4.09. The van der Waals surface area contributed by atoms with Crippen LogP contribution in [-0.2, 0) is 9.47 Å². The summed E-state index contributed by atoms with van der Waals surface area (Å²) < 4.78 is 10.2. The van der Waals surface area contributed by atoms with E-state index in [-0.39, 0.29) is 0 Å². The summed E-state index contributed by atoms with van der Waals surface area (Å²) in [6, 6.07) is 0. The first kappa shape index (κ1) is 8.91. The van der Waals surface area contributed by atoms with E-state index >= 15 is 0 Å². The Morgan fingerprint density at radius 1 is 1.58 bits per heavy atom. The van der Waals surface area contributed by atoms with Crippen LogP contribution in [0.25, 0.3) is 0 Å². The van der Waals surface area contributed by atoms with Gasteiger partial charge in [-0.05, 0) is 25.0 Å². The third kappa shape index (κ3) is 1.91. The number of allylic oxidation sites excluding steroid dienone is 3. The summed E-state index contributed by atoms with van der Waals surface area (Å²) in [5.41, 5.74) is 1.23. The molecule has 0 aliphatic carbocycles. The van der Waals surface area contributed by atoms with Crippen LogP contribution < -0.4 is 0 Å². The van der Waals surface area contributed by atoms with Crippen LogP contribution in [0.2, 0.25) is 0 Å². The van der Waals surface area contributed by atoms with E-state index in [1.165, 1.54) is 5.57 Å². The second-order valence-corrected chi connectivity index (χ2v) is 2.56. The Morgan fingerprint density at radius 3 is 2.75 bits per heavy atom. The Morgan fingerprint density at radius 2 is 2.33 bits per heavy atom. The van der Waals surface area contributed by atoms with Gasteiger partial charge in [-0.1, -0.05) is 19.6 Å². The zero-order valence-electron chi connectivity index (χ0n) is 7.59. The van der Waals surface area contributed by atoms with E-state index in [0.29, 0.717) is 12.6 Å². The molecule has 66 valence electrons. The van der Waals surface area contributed by atoms with E-state index in [4.69, 9.17) is 9.47 Å². The predicted octanol–water partition coefficient (Wildman–Crippen LogP) is 2.74. The van der Waals surface area contributed by atoms with Crippen molar-refractivity contribution in [2.75, 3.05) is 6.79 Å².